The maximum absolute atomic E-state index is 10.00. The Morgan fingerprint density at radius 2 is 2.00 bits per heavy atom. The van der Waals surface area contributed by atoms with Gasteiger partial charge in [-0.05, 0) is 37.0 Å². The molecule has 2 aliphatic carbocycles. The minimum absolute atomic E-state index is 0.0121. The van der Waals surface area contributed by atoms with Gasteiger partial charge in [0.1, 0.15) is 0 Å². The molecule has 0 aromatic carbocycles. The molecule has 0 bridgehead atoms. The molecule has 0 heterocycles. The third-order valence-corrected chi connectivity index (χ3v) is 3.99. The summed E-state index contributed by atoms with van der Waals surface area (Å²) in [6, 6.07) is 0. The second-order valence-corrected chi connectivity index (χ2v) is 5.16. The highest BCUT2D eigenvalue weighted by Crippen LogP contribution is 2.38. The Kier molecular flexibility index (Phi) is 2.92. The van der Waals surface area contributed by atoms with Crippen molar-refractivity contribution in [2.45, 2.75) is 58.0 Å². The Bertz CT molecular complexity index is 163. The Labute approximate surface area is 81.5 Å². The van der Waals surface area contributed by atoms with E-state index in [1.54, 1.807) is 0 Å². The normalized spacial score (nSPS) is 36.5. The Hall–Kier alpha value is -0.0400. The largest absolute Gasteiger partial charge is 0.393 e. The number of rotatable bonds is 4. The zero-order valence-electron chi connectivity index (χ0n) is 8.71. The summed E-state index contributed by atoms with van der Waals surface area (Å²) in [6.07, 6.45) is 9.16. The van der Waals surface area contributed by atoms with Crippen LogP contribution in [0.5, 0.6) is 0 Å². The third kappa shape index (κ3) is 2.46. The van der Waals surface area contributed by atoms with E-state index < -0.39 is 0 Å². The number of aliphatic hydroxyl groups is 1. The predicted molar refractivity (Wildman–Crippen MR) is 54.5 cm³/mol. The monoisotopic (exact) mass is 182 g/mol. The van der Waals surface area contributed by atoms with Gasteiger partial charge in [-0.1, -0.05) is 32.6 Å². The molecule has 2 rings (SSSR count). The average Bonchev–Trinajstić information content (AvgIpc) is 2.84. The van der Waals surface area contributed by atoms with E-state index in [-0.39, 0.29) is 6.10 Å². The molecule has 1 nitrogen and oxygen atoms in total. The number of hydrogen-bond donors (Lipinski definition) is 1. The molecule has 0 amide bonds. The summed E-state index contributed by atoms with van der Waals surface area (Å²) in [4.78, 5) is 0. The van der Waals surface area contributed by atoms with Gasteiger partial charge in [0, 0.05) is 0 Å². The van der Waals surface area contributed by atoms with Crippen LogP contribution >= 0.6 is 0 Å². The highest BCUT2D eigenvalue weighted by atomic mass is 16.3. The van der Waals surface area contributed by atoms with Crippen LogP contribution < -0.4 is 0 Å². The lowest BCUT2D eigenvalue weighted by atomic mass is 9.89. The van der Waals surface area contributed by atoms with Crippen molar-refractivity contribution >= 4 is 0 Å². The molecule has 13 heavy (non-hydrogen) atoms. The van der Waals surface area contributed by atoms with Crippen LogP contribution in [0.3, 0.4) is 0 Å². The first-order valence-electron chi connectivity index (χ1n) is 5.95. The summed E-state index contributed by atoms with van der Waals surface area (Å²) < 4.78 is 0. The zero-order chi connectivity index (χ0) is 9.26. The van der Waals surface area contributed by atoms with Crippen LogP contribution in [-0.2, 0) is 0 Å². The van der Waals surface area contributed by atoms with E-state index in [2.05, 4.69) is 6.92 Å². The highest BCUT2D eigenvalue weighted by Gasteiger charge is 2.31. The first-order valence-corrected chi connectivity index (χ1v) is 5.95. The fraction of sp³-hybridized carbons (Fsp3) is 1.00. The first-order chi connectivity index (χ1) is 6.27. The van der Waals surface area contributed by atoms with Gasteiger partial charge in [-0.25, -0.2) is 0 Å². The van der Waals surface area contributed by atoms with Gasteiger partial charge >= 0.3 is 0 Å². The van der Waals surface area contributed by atoms with Crippen molar-refractivity contribution in [2.24, 2.45) is 17.8 Å². The first kappa shape index (κ1) is 9.51. The zero-order valence-corrected chi connectivity index (χ0v) is 8.71. The Morgan fingerprint density at radius 3 is 2.54 bits per heavy atom. The van der Waals surface area contributed by atoms with E-state index in [1.807, 2.05) is 0 Å². The lowest BCUT2D eigenvalue weighted by molar-refractivity contribution is 0.0786. The van der Waals surface area contributed by atoms with E-state index in [9.17, 15) is 5.11 Å². The van der Waals surface area contributed by atoms with Crippen LogP contribution in [0.4, 0.5) is 0 Å². The molecule has 0 aromatic rings. The fourth-order valence-corrected chi connectivity index (χ4v) is 2.77. The molecule has 1 N–H and O–H groups in total. The topological polar surface area (TPSA) is 20.2 Å². The van der Waals surface area contributed by atoms with Crippen molar-refractivity contribution in [1.82, 2.24) is 0 Å². The minimum Gasteiger partial charge on any atom is -0.393 e. The van der Waals surface area contributed by atoms with E-state index in [0.29, 0.717) is 5.92 Å². The molecule has 2 saturated carbocycles. The summed E-state index contributed by atoms with van der Waals surface area (Å²) in [5, 5.41) is 10.00. The predicted octanol–water partition coefficient (Wildman–Crippen LogP) is 2.97. The number of aliphatic hydroxyl groups excluding tert-OH is 1. The second kappa shape index (κ2) is 4.00. The van der Waals surface area contributed by atoms with E-state index in [4.69, 9.17) is 0 Å². The van der Waals surface area contributed by atoms with Crippen molar-refractivity contribution in [3.8, 4) is 0 Å². The molecule has 0 saturated heterocycles. The van der Waals surface area contributed by atoms with Gasteiger partial charge in [-0.3, -0.25) is 0 Å². The minimum atomic E-state index is 0.0121. The van der Waals surface area contributed by atoms with Crippen LogP contribution in [0.25, 0.3) is 0 Å². The van der Waals surface area contributed by atoms with E-state index >= 15 is 0 Å². The van der Waals surface area contributed by atoms with Crippen LogP contribution in [0, 0.1) is 17.8 Å². The molecule has 0 aromatic heterocycles. The van der Waals surface area contributed by atoms with Gasteiger partial charge < -0.3 is 5.11 Å². The molecule has 2 aliphatic rings. The van der Waals surface area contributed by atoms with Gasteiger partial charge in [-0.15, -0.1) is 0 Å². The number of hydrogen-bond acceptors (Lipinski definition) is 1. The molecular formula is C12H22O. The average molecular weight is 182 g/mol. The van der Waals surface area contributed by atoms with Crippen molar-refractivity contribution in [3.05, 3.63) is 0 Å². The maximum Gasteiger partial charge on any atom is 0.0571 e. The molecule has 0 spiro atoms. The SMILES string of the molecule is CC1CCCC1C(O)CCC1CC1. The summed E-state index contributed by atoms with van der Waals surface area (Å²) in [5.41, 5.74) is 0. The lowest BCUT2D eigenvalue weighted by Crippen LogP contribution is -2.22. The van der Waals surface area contributed by atoms with Crippen LogP contribution in [0.1, 0.15) is 51.9 Å². The Balaban J connectivity index is 1.71. The van der Waals surface area contributed by atoms with Gasteiger partial charge in [-0.2, -0.15) is 0 Å². The third-order valence-electron chi connectivity index (χ3n) is 3.99. The molecule has 1 heteroatoms. The quantitative estimate of drug-likeness (QED) is 0.708. The van der Waals surface area contributed by atoms with Gasteiger partial charge in [0.25, 0.3) is 0 Å². The summed E-state index contributed by atoms with van der Waals surface area (Å²) in [6.45, 7) is 2.30. The van der Waals surface area contributed by atoms with E-state index in [0.717, 1.165) is 18.3 Å². The second-order valence-electron chi connectivity index (χ2n) is 5.16. The molecule has 0 aliphatic heterocycles. The lowest BCUT2D eigenvalue weighted by Gasteiger charge is -2.21. The molecule has 76 valence electrons. The van der Waals surface area contributed by atoms with Gasteiger partial charge in [0.05, 0.1) is 6.10 Å². The fourth-order valence-electron chi connectivity index (χ4n) is 2.77. The van der Waals surface area contributed by atoms with Gasteiger partial charge in [0.15, 0.2) is 0 Å². The maximum atomic E-state index is 10.00. The van der Waals surface area contributed by atoms with Gasteiger partial charge in [0.2, 0.25) is 0 Å². The molecule has 0 radical (unpaired) electrons. The van der Waals surface area contributed by atoms with Crippen molar-refractivity contribution in [2.75, 3.05) is 0 Å². The van der Waals surface area contributed by atoms with Crippen molar-refractivity contribution < 1.29 is 5.11 Å². The Morgan fingerprint density at radius 1 is 1.23 bits per heavy atom. The van der Waals surface area contributed by atoms with E-state index in [1.165, 1.54) is 38.5 Å². The smallest absolute Gasteiger partial charge is 0.0571 e. The van der Waals surface area contributed by atoms with Crippen LogP contribution in [-0.4, -0.2) is 11.2 Å². The van der Waals surface area contributed by atoms with Crippen molar-refractivity contribution in [1.29, 1.82) is 0 Å². The highest BCUT2D eigenvalue weighted by molar-refractivity contribution is 4.82. The standard InChI is InChI=1S/C12H22O/c1-9-3-2-4-11(9)12(13)8-7-10-5-6-10/h9-13H,2-8H2,1H3. The van der Waals surface area contributed by atoms with Crippen molar-refractivity contribution in [3.63, 3.8) is 0 Å². The molecule has 3 atom stereocenters. The molecule has 3 unspecified atom stereocenters. The van der Waals surface area contributed by atoms with Crippen LogP contribution in [0.15, 0.2) is 0 Å². The summed E-state index contributed by atoms with van der Waals surface area (Å²) in [7, 11) is 0. The summed E-state index contributed by atoms with van der Waals surface area (Å²) in [5.74, 6) is 2.37. The van der Waals surface area contributed by atoms with Crippen LogP contribution in [0.2, 0.25) is 0 Å². The molecular weight excluding hydrogens is 160 g/mol. The molecule has 2 fully saturated rings. The summed E-state index contributed by atoms with van der Waals surface area (Å²) >= 11 is 0.